The van der Waals surface area contributed by atoms with E-state index in [1.54, 1.807) is 31.3 Å². The van der Waals surface area contributed by atoms with Crippen molar-refractivity contribution in [2.75, 3.05) is 12.4 Å². The van der Waals surface area contributed by atoms with Gasteiger partial charge in [0, 0.05) is 18.3 Å². The van der Waals surface area contributed by atoms with Gasteiger partial charge in [-0.1, -0.05) is 48.5 Å². The predicted octanol–water partition coefficient (Wildman–Crippen LogP) is 3.81. The van der Waals surface area contributed by atoms with Crippen molar-refractivity contribution in [3.8, 4) is 5.75 Å². The van der Waals surface area contributed by atoms with Crippen LogP contribution in [0, 0.1) is 0 Å². The van der Waals surface area contributed by atoms with Crippen molar-refractivity contribution < 1.29 is 14.3 Å². The normalized spacial score (nSPS) is 10.2. The third kappa shape index (κ3) is 5.45. The summed E-state index contributed by atoms with van der Waals surface area (Å²) in [6.07, 6.45) is 0.215. The maximum atomic E-state index is 12.4. The summed E-state index contributed by atoms with van der Waals surface area (Å²) in [5, 5.41) is 5.39. The number of amides is 2. The van der Waals surface area contributed by atoms with Crippen molar-refractivity contribution in [2.24, 2.45) is 0 Å². The molecule has 5 nitrogen and oxygen atoms in total. The molecular weight excluding hydrogens is 352 g/mol. The molecule has 2 amide bonds. The van der Waals surface area contributed by atoms with E-state index in [9.17, 15) is 9.59 Å². The second-order valence-electron chi connectivity index (χ2n) is 6.31. The minimum Gasteiger partial charge on any atom is -0.489 e. The quantitative estimate of drug-likeness (QED) is 0.661. The van der Waals surface area contributed by atoms with Crippen molar-refractivity contribution in [2.45, 2.75) is 13.0 Å². The number of hydrogen-bond acceptors (Lipinski definition) is 3. The molecule has 28 heavy (non-hydrogen) atoms. The van der Waals surface area contributed by atoms with Crippen molar-refractivity contribution in [3.63, 3.8) is 0 Å². The van der Waals surface area contributed by atoms with Gasteiger partial charge < -0.3 is 15.4 Å². The topological polar surface area (TPSA) is 67.4 Å². The zero-order valence-corrected chi connectivity index (χ0v) is 15.6. The largest absolute Gasteiger partial charge is 0.489 e. The summed E-state index contributed by atoms with van der Waals surface area (Å²) in [5.41, 5.74) is 3.02. The van der Waals surface area contributed by atoms with E-state index in [1.165, 1.54) is 0 Å². The molecule has 0 saturated carbocycles. The fraction of sp³-hybridized carbons (Fsp3) is 0.130. The first kappa shape index (κ1) is 19.2. The Hall–Kier alpha value is -3.60. The summed E-state index contributed by atoms with van der Waals surface area (Å²) < 4.78 is 5.81. The summed E-state index contributed by atoms with van der Waals surface area (Å²) in [6, 6.07) is 24.2. The standard InChI is InChI=1S/C23H22N2O3/c1-24-23(27)19-10-6-11-20(15-19)25-22(26)14-18-9-5-12-21(13-18)28-16-17-7-3-2-4-8-17/h2-13,15H,14,16H2,1H3,(H,24,27)(H,25,26). The summed E-state index contributed by atoms with van der Waals surface area (Å²) in [4.78, 5) is 24.1. The summed E-state index contributed by atoms with van der Waals surface area (Å²) in [6.45, 7) is 0.475. The molecule has 0 spiro atoms. The highest BCUT2D eigenvalue weighted by atomic mass is 16.5. The third-order valence-corrected chi connectivity index (χ3v) is 4.15. The molecule has 0 aromatic heterocycles. The molecule has 0 heterocycles. The first-order valence-electron chi connectivity index (χ1n) is 9.02. The van der Waals surface area contributed by atoms with Crippen LogP contribution in [0.3, 0.4) is 0 Å². The second-order valence-corrected chi connectivity index (χ2v) is 6.31. The lowest BCUT2D eigenvalue weighted by atomic mass is 10.1. The highest BCUT2D eigenvalue weighted by Crippen LogP contribution is 2.17. The van der Waals surface area contributed by atoms with Crippen LogP contribution in [0.5, 0.6) is 5.75 Å². The van der Waals surface area contributed by atoms with Gasteiger partial charge in [0.2, 0.25) is 5.91 Å². The van der Waals surface area contributed by atoms with Crippen LogP contribution < -0.4 is 15.4 Å². The Labute approximate surface area is 164 Å². The molecule has 0 radical (unpaired) electrons. The minimum absolute atomic E-state index is 0.158. The number of anilines is 1. The molecule has 3 aromatic rings. The average Bonchev–Trinajstić information content (AvgIpc) is 2.73. The van der Waals surface area contributed by atoms with E-state index < -0.39 is 0 Å². The molecule has 142 valence electrons. The Morgan fingerprint density at radius 2 is 1.61 bits per heavy atom. The van der Waals surface area contributed by atoms with Crippen LogP contribution in [-0.4, -0.2) is 18.9 Å². The van der Waals surface area contributed by atoms with Gasteiger partial charge in [0.05, 0.1) is 6.42 Å². The van der Waals surface area contributed by atoms with E-state index in [4.69, 9.17) is 4.74 Å². The molecule has 0 fully saturated rings. The van der Waals surface area contributed by atoms with Crippen LogP contribution in [-0.2, 0) is 17.8 Å². The average molecular weight is 374 g/mol. The Morgan fingerprint density at radius 1 is 0.857 bits per heavy atom. The van der Waals surface area contributed by atoms with Gasteiger partial charge in [0.25, 0.3) is 5.91 Å². The zero-order chi connectivity index (χ0) is 19.8. The molecule has 0 aliphatic carbocycles. The van der Waals surface area contributed by atoms with E-state index in [1.807, 2.05) is 54.6 Å². The van der Waals surface area contributed by atoms with Gasteiger partial charge in [-0.15, -0.1) is 0 Å². The number of carbonyl (C=O) groups is 2. The zero-order valence-electron chi connectivity index (χ0n) is 15.6. The molecule has 3 aromatic carbocycles. The van der Waals surface area contributed by atoms with Crippen molar-refractivity contribution >= 4 is 17.5 Å². The summed E-state index contributed by atoms with van der Waals surface area (Å²) in [7, 11) is 1.57. The summed E-state index contributed by atoms with van der Waals surface area (Å²) >= 11 is 0. The monoisotopic (exact) mass is 374 g/mol. The molecule has 0 aliphatic rings. The van der Waals surface area contributed by atoms with E-state index >= 15 is 0 Å². The highest BCUT2D eigenvalue weighted by molar-refractivity contribution is 5.97. The smallest absolute Gasteiger partial charge is 0.251 e. The summed E-state index contributed by atoms with van der Waals surface area (Å²) in [5.74, 6) is 0.365. The lowest BCUT2D eigenvalue weighted by molar-refractivity contribution is -0.115. The van der Waals surface area contributed by atoms with Crippen LogP contribution in [0.25, 0.3) is 0 Å². The van der Waals surface area contributed by atoms with Crippen LogP contribution >= 0.6 is 0 Å². The maximum Gasteiger partial charge on any atom is 0.251 e. The number of nitrogens with one attached hydrogen (secondary N) is 2. The van der Waals surface area contributed by atoms with E-state index in [-0.39, 0.29) is 18.2 Å². The fourth-order valence-corrected chi connectivity index (χ4v) is 2.76. The van der Waals surface area contributed by atoms with Gasteiger partial charge in [-0.2, -0.15) is 0 Å². The fourth-order valence-electron chi connectivity index (χ4n) is 2.76. The Kier molecular flexibility index (Phi) is 6.41. The second kappa shape index (κ2) is 9.37. The number of carbonyl (C=O) groups excluding carboxylic acids is 2. The maximum absolute atomic E-state index is 12.4. The highest BCUT2D eigenvalue weighted by Gasteiger charge is 2.08. The lowest BCUT2D eigenvalue weighted by Crippen LogP contribution is -2.19. The van der Waals surface area contributed by atoms with Gasteiger partial charge in [0.1, 0.15) is 12.4 Å². The molecule has 0 unspecified atom stereocenters. The predicted molar refractivity (Wildman–Crippen MR) is 109 cm³/mol. The van der Waals surface area contributed by atoms with Gasteiger partial charge in [0.15, 0.2) is 0 Å². The van der Waals surface area contributed by atoms with Gasteiger partial charge >= 0.3 is 0 Å². The number of hydrogen-bond donors (Lipinski definition) is 2. The Morgan fingerprint density at radius 3 is 2.39 bits per heavy atom. The Balaban J connectivity index is 1.59. The number of ether oxygens (including phenoxy) is 1. The molecule has 0 bridgehead atoms. The first-order valence-corrected chi connectivity index (χ1v) is 9.02. The van der Waals surface area contributed by atoms with Gasteiger partial charge in [-0.05, 0) is 41.5 Å². The molecule has 3 rings (SSSR count). The van der Waals surface area contributed by atoms with Gasteiger partial charge in [-0.25, -0.2) is 0 Å². The molecular formula is C23H22N2O3. The van der Waals surface area contributed by atoms with E-state index in [0.717, 1.165) is 16.9 Å². The van der Waals surface area contributed by atoms with E-state index in [0.29, 0.717) is 17.9 Å². The third-order valence-electron chi connectivity index (χ3n) is 4.15. The van der Waals surface area contributed by atoms with Crippen LogP contribution in [0.4, 0.5) is 5.69 Å². The Bertz CT molecular complexity index is 955. The van der Waals surface area contributed by atoms with Gasteiger partial charge in [-0.3, -0.25) is 9.59 Å². The minimum atomic E-state index is -0.195. The van der Waals surface area contributed by atoms with Crippen molar-refractivity contribution in [3.05, 3.63) is 95.6 Å². The number of benzene rings is 3. The molecule has 5 heteroatoms. The molecule has 0 saturated heterocycles. The van der Waals surface area contributed by atoms with Crippen LogP contribution in [0.2, 0.25) is 0 Å². The van der Waals surface area contributed by atoms with Crippen LogP contribution in [0.15, 0.2) is 78.9 Å². The van der Waals surface area contributed by atoms with Crippen molar-refractivity contribution in [1.82, 2.24) is 5.32 Å². The first-order chi connectivity index (χ1) is 13.6. The van der Waals surface area contributed by atoms with E-state index in [2.05, 4.69) is 10.6 Å². The van der Waals surface area contributed by atoms with Crippen LogP contribution in [0.1, 0.15) is 21.5 Å². The van der Waals surface area contributed by atoms with Crippen molar-refractivity contribution in [1.29, 1.82) is 0 Å². The lowest BCUT2D eigenvalue weighted by Gasteiger charge is -2.09. The molecule has 2 N–H and O–H groups in total. The molecule has 0 aliphatic heterocycles. The SMILES string of the molecule is CNC(=O)c1cccc(NC(=O)Cc2cccc(OCc3ccccc3)c2)c1. The molecule has 0 atom stereocenters. The number of rotatable bonds is 7.